The maximum Gasteiger partial charge on any atom is 0.407 e. The summed E-state index contributed by atoms with van der Waals surface area (Å²) in [4.78, 5) is 40.2. The summed E-state index contributed by atoms with van der Waals surface area (Å²) in [5.41, 5.74) is 0.834. The minimum Gasteiger partial charge on any atom is -0.444 e. The molecule has 4 atom stereocenters. The molecule has 3 amide bonds. The number of aliphatic hydroxyl groups is 1. The van der Waals surface area contributed by atoms with Crippen molar-refractivity contribution in [1.29, 1.82) is 0 Å². The van der Waals surface area contributed by atoms with E-state index in [0.29, 0.717) is 19.6 Å². The zero-order chi connectivity index (χ0) is 24.7. The predicted octanol–water partition coefficient (Wildman–Crippen LogP) is 1.46. The number of amides is 3. The van der Waals surface area contributed by atoms with Crippen LogP contribution < -0.4 is 10.6 Å². The Morgan fingerprint density at radius 2 is 2.09 bits per heavy atom. The molecule has 2 aliphatic heterocycles. The first-order valence-corrected chi connectivity index (χ1v) is 12.3. The molecule has 0 aliphatic carbocycles. The van der Waals surface area contributed by atoms with Crippen LogP contribution >= 0.6 is 11.8 Å². The molecule has 0 saturated carbocycles. The van der Waals surface area contributed by atoms with Crippen LogP contribution in [-0.2, 0) is 25.5 Å². The molecule has 9 nitrogen and oxygen atoms in total. The van der Waals surface area contributed by atoms with Gasteiger partial charge in [0.05, 0.1) is 25.1 Å². The summed E-state index contributed by atoms with van der Waals surface area (Å²) in [7, 11) is 0. The molecule has 186 valence electrons. The van der Waals surface area contributed by atoms with Crippen molar-refractivity contribution in [2.45, 2.75) is 55.7 Å². The van der Waals surface area contributed by atoms with Crippen LogP contribution in [0.15, 0.2) is 43.0 Å². The van der Waals surface area contributed by atoms with E-state index in [9.17, 15) is 19.5 Å². The maximum absolute atomic E-state index is 13.4. The Balaban J connectivity index is 1.76. The van der Waals surface area contributed by atoms with Gasteiger partial charge in [0, 0.05) is 17.7 Å². The Hall–Kier alpha value is -2.56. The van der Waals surface area contributed by atoms with Crippen molar-refractivity contribution in [3.05, 3.63) is 48.6 Å². The van der Waals surface area contributed by atoms with Crippen molar-refractivity contribution in [2.24, 2.45) is 0 Å². The Morgan fingerprint density at radius 1 is 1.35 bits per heavy atom. The van der Waals surface area contributed by atoms with Gasteiger partial charge in [-0.15, -0.1) is 18.3 Å². The van der Waals surface area contributed by atoms with Gasteiger partial charge in [0.15, 0.2) is 6.10 Å². The average molecular weight is 492 g/mol. The van der Waals surface area contributed by atoms with E-state index in [1.807, 2.05) is 44.2 Å². The first-order valence-electron chi connectivity index (χ1n) is 11.3. The minimum atomic E-state index is -1.57. The van der Waals surface area contributed by atoms with Crippen molar-refractivity contribution in [3.63, 3.8) is 0 Å². The Kier molecular flexibility index (Phi) is 8.98. The molecule has 0 bridgehead atoms. The van der Waals surface area contributed by atoms with E-state index in [4.69, 9.17) is 9.47 Å². The number of alkyl carbamates (subject to hydrolysis) is 1. The fraction of sp³-hybridized carbons (Fsp3) is 0.542. The topological polar surface area (TPSA) is 117 Å². The third kappa shape index (κ3) is 6.52. The predicted molar refractivity (Wildman–Crippen MR) is 129 cm³/mol. The van der Waals surface area contributed by atoms with Gasteiger partial charge in [-0.25, -0.2) is 4.79 Å². The monoisotopic (exact) mass is 491 g/mol. The highest BCUT2D eigenvalue weighted by molar-refractivity contribution is 8.00. The van der Waals surface area contributed by atoms with Gasteiger partial charge in [0.25, 0.3) is 5.91 Å². The molecule has 0 spiro atoms. The second-order valence-corrected chi connectivity index (χ2v) is 10.5. The van der Waals surface area contributed by atoms with Crippen LogP contribution in [0.4, 0.5) is 4.79 Å². The van der Waals surface area contributed by atoms with Gasteiger partial charge in [-0.05, 0) is 25.8 Å². The number of nitrogens with zero attached hydrogens (tertiary/aromatic N) is 1. The molecule has 2 unspecified atom stereocenters. The van der Waals surface area contributed by atoms with Crippen molar-refractivity contribution in [1.82, 2.24) is 15.5 Å². The van der Waals surface area contributed by atoms with Gasteiger partial charge < -0.3 is 30.1 Å². The van der Waals surface area contributed by atoms with Crippen LogP contribution in [0.2, 0.25) is 0 Å². The standard InChI is InChI=1S/C24H33N3O6S/c1-4-11-25-21(29)20-24(2,3)34-15-27(20)22(30)19(28)18(13-16-8-6-5-7-9-16)26-23(31)33-17-10-12-32-14-17/h4-9,17-20,28H,1,10-15H2,2-3H3,(H,25,29)(H,26,31)/t17?,18-,19-,20?/m0/s1. The molecule has 1 aromatic carbocycles. The number of benzene rings is 1. The van der Waals surface area contributed by atoms with E-state index in [2.05, 4.69) is 17.2 Å². The van der Waals surface area contributed by atoms with E-state index in [1.165, 1.54) is 16.7 Å². The number of ether oxygens (including phenoxy) is 2. The fourth-order valence-electron chi connectivity index (χ4n) is 4.08. The van der Waals surface area contributed by atoms with E-state index in [1.54, 1.807) is 6.08 Å². The summed E-state index contributed by atoms with van der Waals surface area (Å²) in [5, 5.41) is 16.5. The molecule has 1 aromatic rings. The lowest BCUT2D eigenvalue weighted by Gasteiger charge is -2.33. The van der Waals surface area contributed by atoms with Gasteiger partial charge in [-0.2, -0.15) is 0 Å². The second-order valence-electron chi connectivity index (χ2n) is 8.90. The van der Waals surface area contributed by atoms with Crippen LogP contribution in [-0.4, -0.2) is 82.6 Å². The summed E-state index contributed by atoms with van der Waals surface area (Å²) in [6.07, 6.45) is -0.286. The smallest absolute Gasteiger partial charge is 0.407 e. The van der Waals surface area contributed by atoms with E-state index < -0.39 is 34.9 Å². The lowest BCUT2D eigenvalue weighted by Crippen LogP contribution is -2.58. The Morgan fingerprint density at radius 3 is 2.74 bits per heavy atom. The van der Waals surface area contributed by atoms with E-state index in [-0.39, 0.29) is 30.9 Å². The Labute approximate surface area is 204 Å². The third-order valence-electron chi connectivity index (χ3n) is 5.90. The summed E-state index contributed by atoms with van der Waals surface area (Å²) in [6.45, 7) is 8.49. The van der Waals surface area contributed by atoms with Crippen molar-refractivity contribution in [2.75, 3.05) is 25.6 Å². The number of thioether (sulfide) groups is 1. The summed E-state index contributed by atoms with van der Waals surface area (Å²) >= 11 is 1.46. The maximum atomic E-state index is 13.4. The minimum absolute atomic E-state index is 0.210. The first kappa shape index (κ1) is 26.1. The summed E-state index contributed by atoms with van der Waals surface area (Å²) in [6, 6.07) is 7.51. The highest BCUT2D eigenvalue weighted by Crippen LogP contribution is 2.39. The molecule has 3 N–H and O–H groups in total. The number of carbonyl (C=O) groups is 3. The molecular weight excluding hydrogens is 458 g/mol. The van der Waals surface area contributed by atoms with Crippen molar-refractivity contribution in [3.8, 4) is 0 Å². The van der Waals surface area contributed by atoms with E-state index in [0.717, 1.165) is 5.56 Å². The zero-order valence-corrected chi connectivity index (χ0v) is 20.4. The van der Waals surface area contributed by atoms with Gasteiger partial charge in [-0.3, -0.25) is 9.59 Å². The molecule has 2 fully saturated rings. The largest absolute Gasteiger partial charge is 0.444 e. The Bertz CT molecular complexity index is 875. The molecule has 0 aromatic heterocycles. The normalized spacial score (nSPS) is 23.1. The molecule has 2 saturated heterocycles. The number of carbonyl (C=O) groups excluding carboxylic acids is 3. The first-order chi connectivity index (χ1) is 16.2. The third-order valence-corrected chi connectivity index (χ3v) is 7.27. The average Bonchev–Trinajstić information content (AvgIpc) is 3.43. The van der Waals surface area contributed by atoms with Crippen molar-refractivity contribution >= 4 is 29.7 Å². The number of hydrogen-bond donors (Lipinski definition) is 3. The molecule has 2 heterocycles. The van der Waals surface area contributed by atoms with Crippen LogP contribution in [0.25, 0.3) is 0 Å². The molecule has 3 rings (SSSR count). The molecule has 10 heteroatoms. The van der Waals surface area contributed by atoms with Crippen LogP contribution in [0.5, 0.6) is 0 Å². The van der Waals surface area contributed by atoms with Gasteiger partial charge in [0.1, 0.15) is 12.1 Å². The summed E-state index contributed by atoms with van der Waals surface area (Å²) < 4.78 is 10.1. The van der Waals surface area contributed by atoms with Crippen LogP contribution in [0, 0.1) is 0 Å². The highest BCUT2D eigenvalue weighted by Gasteiger charge is 2.49. The lowest BCUT2D eigenvalue weighted by molar-refractivity contribution is -0.147. The molecule has 34 heavy (non-hydrogen) atoms. The van der Waals surface area contributed by atoms with Gasteiger partial charge in [-0.1, -0.05) is 36.4 Å². The SMILES string of the molecule is C=CCNC(=O)C1N(C(=O)[C@@H](O)[C@H](Cc2ccccc2)NC(=O)OC2CCOC2)CSC1(C)C. The highest BCUT2D eigenvalue weighted by atomic mass is 32.2. The second kappa shape index (κ2) is 11.7. The molecule has 0 radical (unpaired) electrons. The van der Waals surface area contributed by atoms with Crippen LogP contribution in [0.1, 0.15) is 25.8 Å². The number of hydrogen-bond acceptors (Lipinski definition) is 7. The number of nitrogens with one attached hydrogen (secondary N) is 2. The van der Waals surface area contributed by atoms with E-state index >= 15 is 0 Å². The van der Waals surface area contributed by atoms with Crippen molar-refractivity contribution < 1.29 is 29.0 Å². The van der Waals surface area contributed by atoms with Gasteiger partial charge in [0.2, 0.25) is 5.91 Å². The summed E-state index contributed by atoms with van der Waals surface area (Å²) in [5.74, 6) is -0.692. The molecule has 2 aliphatic rings. The number of rotatable bonds is 9. The lowest BCUT2D eigenvalue weighted by atomic mass is 9.97. The number of aliphatic hydroxyl groups excluding tert-OH is 1. The van der Waals surface area contributed by atoms with Gasteiger partial charge >= 0.3 is 6.09 Å². The zero-order valence-electron chi connectivity index (χ0n) is 19.6. The molecular formula is C24H33N3O6S. The van der Waals surface area contributed by atoms with Crippen LogP contribution in [0.3, 0.4) is 0 Å². The fourth-order valence-corrected chi connectivity index (χ4v) is 5.22. The quantitative estimate of drug-likeness (QED) is 0.448.